The smallest absolute Gasteiger partial charge is 0.252 e. The lowest BCUT2D eigenvalue weighted by Crippen LogP contribution is -2.26. The second kappa shape index (κ2) is 10.7. The third kappa shape index (κ3) is 6.00. The number of amides is 1. The maximum atomic E-state index is 12.2. The van der Waals surface area contributed by atoms with E-state index in [-0.39, 0.29) is 5.91 Å². The molecule has 1 amide bonds. The van der Waals surface area contributed by atoms with Gasteiger partial charge in [0.2, 0.25) is 0 Å². The maximum Gasteiger partial charge on any atom is 0.252 e. The first-order valence-corrected chi connectivity index (χ1v) is 8.49. The highest BCUT2D eigenvalue weighted by atomic mass is 127. The minimum absolute atomic E-state index is 0.112. The number of methoxy groups -OCH3 is 2. The summed E-state index contributed by atoms with van der Waals surface area (Å²) in [7, 11) is 3.13. The van der Waals surface area contributed by atoms with Gasteiger partial charge in [-0.2, -0.15) is 0 Å². The summed E-state index contributed by atoms with van der Waals surface area (Å²) in [6, 6.07) is 3.50. The van der Waals surface area contributed by atoms with Gasteiger partial charge in [0.15, 0.2) is 11.5 Å². The molecule has 0 aromatic heterocycles. The van der Waals surface area contributed by atoms with Crippen molar-refractivity contribution < 1.29 is 19.0 Å². The number of carbonyl (C=O) groups excluding carboxylic acids is 1. The monoisotopic (exact) mass is 421 g/mol. The number of carbonyl (C=O) groups is 1. The Hall–Kier alpha value is -1.02. The predicted molar refractivity (Wildman–Crippen MR) is 94.9 cm³/mol. The fourth-order valence-electron chi connectivity index (χ4n) is 1.85. The van der Waals surface area contributed by atoms with Crippen LogP contribution >= 0.6 is 22.6 Å². The summed E-state index contributed by atoms with van der Waals surface area (Å²) in [5.74, 6) is 1.06. The molecule has 0 bridgehead atoms. The van der Waals surface area contributed by atoms with Crippen LogP contribution in [0.3, 0.4) is 0 Å². The summed E-state index contributed by atoms with van der Waals surface area (Å²) >= 11 is 2.12. The van der Waals surface area contributed by atoms with Crippen molar-refractivity contribution >= 4 is 28.5 Å². The molecule has 0 unspecified atom stereocenters. The van der Waals surface area contributed by atoms with Crippen LogP contribution in [0.5, 0.6) is 11.5 Å². The van der Waals surface area contributed by atoms with Crippen LogP contribution in [0.1, 0.15) is 36.5 Å². The Kier molecular flexibility index (Phi) is 9.22. The highest BCUT2D eigenvalue weighted by molar-refractivity contribution is 14.1. The lowest BCUT2D eigenvalue weighted by Gasteiger charge is -2.12. The summed E-state index contributed by atoms with van der Waals surface area (Å²) in [6.07, 6.45) is 3.02. The van der Waals surface area contributed by atoms with E-state index >= 15 is 0 Å². The zero-order valence-corrected chi connectivity index (χ0v) is 15.6. The molecule has 0 aliphatic rings. The molecule has 1 N–H and O–H groups in total. The number of halogens is 1. The first-order chi connectivity index (χ1) is 10.6. The zero-order valence-electron chi connectivity index (χ0n) is 13.4. The van der Waals surface area contributed by atoms with Crippen molar-refractivity contribution in [2.75, 3.05) is 34.0 Å². The Balaban J connectivity index is 2.48. The summed E-state index contributed by atoms with van der Waals surface area (Å²) in [6.45, 7) is 4.19. The van der Waals surface area contributed by atoms with E-state index in [1.807, 2.05) is 0 Å². The van der Waals surface area contributed by atoms with Crippen LogP contribution < -0.4 is 14.8 Å². The molecule has 0 saturated carbocycles. The molecule has 0 heterocycles. The Morgan fingerprint density at radius 3 is 2.41 bits per heavy atom. The van der Waals surface area contributed by atoms with Gasteiger partial charge in [-0.05, 0) is 47.6 Å². The number of hydrogen-bond acceptors (Lipinski definition) is 4. The van der Waals surface area contributed by atoms with Crippen molar-refractivity contribution in [2.45, 2.75) is 26.2 Å². The Morgan fingerprint density at radius 1 is 1.14 bits per heavy atom. The average Bonchev–Trinajstić information content (AvgIpc) is 2.53. The Labute approximate surface area is 145 Å². The molecular formula is C16H24INO4. The predicted octanol–water partition coefficient (Wildman–Crippen LogP) is 3.25. The Morgan fingerprint density at radius 2 is 1.77 bits per heavy atom. The summed E-state index contributed by atoms with van der Waals surface area (Å²) in [4.78, 5) is 12.2. The quantitative estimate of drug-likeness (QED) is 0.466. The van der Waals surface area contributed by atoms with Gasteiger partial charge in [-0.3, -0.25) is 4.79 Å². The summed E-state index contributed by atoms with van der Waals surface area (Å²) in [5.41, 5.74) is 0.588. The minimum Gasteiger partial charge on any atom is -0.493 e. The van der Waals surface area contributed by atoms with Gasteiger partial charge in [0.1, 0.15) is 0 Å². The van der Waals surface area contributed by atoms with Crippen LogP contribution in [0.25, 0.3) is 0 Å². The second-order valence-electron chi connectivity index (χ2n) is 4.76. The third-order valence-electron chi connectivity index (χ3n) is 3.11. The van der Waals surface area contributed by atoms with Crippen molar-refractivity contribution in [3.63, 3.8) is 0 Å². The van der Waals surface area contributed by atoms with Crippen LogP contribution in [0.15, 0.2) is 12.1 Å². The van der Waals surface area contributed by atoms with Crippen molar-refractivity contribution in [2.24, 2.45) is 0 Å². The van der Waals surface area contributed by atoms with E-state index in [1.165, 1.54) is 0 Å². The van der Waals surface area contributed by atoms with E-state index in [4.69, 9.17) is 14.2 Å². The lowest BCUT2D eigenvalue weighted by molar-refractivity contribution is 0.0939. The molecule has 5 nitrogen and oxygen atoms in total. The summed E-state index contributed by atoms with van der Waals surface area (Å²) < 4.78 is 16.7. The highest BCUT2D eigenvalue weighted by Crippen LogP contribution is 2.31. The first-order valence-electron chi connectivity index (χ1n) is 7.41. The van der Waals surface area contributed by atoms with E-state index in [0.717, 1.165) is 29.4 Å². The average molecular weight is 421 g/mol. The lowest BCUT2D eigenvalue weighted by atomic mass is 10.2. The maximum absolute atomic E-state index is 12.2. The van der Waals surface area contributed by atoms with Crippen LogP contribution in [0.4, 0.5) is 0 Å². The number of ether oxygens (including phenoxy) is 3. The van der Waals surface area contributed by atoms with Gasteiger partial charge in [-0.1, -0.05) is 13.3 Å². The molecule has 124 valence electrons. The molecule has 22 heavy (non-hydrogen) atoms. The van der Waals surface area contributed by atoms with E-state index in [0.29, 0.717) is 30.2 Å². The van der Waals surface area contributed by atoms with Gasteiger partial charge in [-0.15, -0.1) is 0 Å². The SMILES string of the molecule is CCCCOCCCNC(=O)c1cc(OC)c(OC)cc1I. The molecule has 1 aromatic rings. The van der Waals surface area contributed by atoms with E-state index in [1.54, 1.807) is 26.4 Å². The molecule has 0 radical (unpaired) electrons. The molecule has 0 fully saturated rings. The van der Waals surface area contributed by atoms with Crippen LogP contribution in [0.2, 0.25) is 0 Å². The molecule has 0 aliphatic carbocycles. The Bertz CT molecular complexity index is 479. The molecule has 0 atom stereocenters. The topological polar surface area (TPSA) is 56.8 Å². The van der Waals surface area contributed by atoms with Crippen LogP contribution in [-0.4, -0.2) is 39.9 Å². The first kappa shape index (κ1) is 19.0. The minimum atomic E-state index is -0.112. The van der Waals surface area contributed by atoms with Crippen LogP contribution in [-0.2, 0) is 4.74 Å². The van der Waals surface area contributed by atoms with E-state index < -0.39 is 0 Å². The van der Waals surface area contributed by atoms with Crippen molar-refractivity contribution in [3.05, 3.63) is 21.3 Å². The number of rotatable bonds is 10. The number of nitrogens with one attached hydrogen (secondary N) is 1. The van der Waals surface area contributed by atoms with Crippen LogP contribution in [0, 0.1) is 3.57 Å². The van der Waals surface area contributed by atoms with Gasteiger partial charge >= 0.3 is 0 Å². The zero-order chi connectivity index (χ0) is 16.4. The molecule has 6 heteroatoms. The fraction of sp³-hybridized carbons (Fsp3) is 0.562. The van der Waals surface area contributed by atoms with E-state index in [9.17, 15) is 4.79 Å². The van der Waals surface area contributed by atoms with Crippen molar-refractivity contribution in [1.29, 1.82) is 0 Å². The van der Waals surface area contributed by atoms with Gasteiger partial charge in [0.05, 0.1) is 19.8 Å². The van der Waals surface area contributed by atoms with Gasteiger partial charge in [0.25, 0.3) is 5.91 Å². The molecule has 1 aromatic carbocycles. The number of unbranched alkanes of at least 4 members (excludes halogenated alkanes) is 1. The van der Waals surface area contributed by atoms with E-state index in [2.05, 4.69) is 34.8 Å². The fourth-order valence-corrected chi connectivity index (χ4v) is 2.53. The molecule has 0 saturated heterocycles. The highest BCUT2D eigenvalue weighted by Gasteiger charge is 2.15. The van der Waals surface area contributed by atoms with Crippen molar-refractivity contribution in [1.82, 2.24) is 5.32 Å². The number of benzene rings is 1. The molecule has 0 spiro atoms. The second-order valence-corrected chi connectivity index (χ2v) is 5.92. The summed E-state index contributed by atoms with van der Waals surface area (Å²) in [5, 5.41) is 2.90. The molecule has 0 aliphatic heterocycles. The van der Waals surface area contributed by atoms with Gasteiger partial charge in [0, 0.05) is 23.3 Å². The number of hydrogen-bond donors (Lipinski definition) is 1. The molecular weight excluding hydrogens is 397 g/mol. The third-order valence-corrected chi connectivity index (χ3v) is 4.00. The normalized spacial score (nSPS) is 10.4. The van der Waals surface area contributed by atoms with Gasteiger partial charge < -0.3 is 19.5 Å². The molecule has 1 rings (SSSR count). The van der Waals surface area contributed by atoms with Crippen molar-refractivity contribution in [3.8, 4) is 11.5 Å². The largest absolute Gasteiger partial charge is 0.493 e. The standard InChI is InChI=1S/C16H24INO4/c1-4-5-8-22-9-6-7-18-16(19)12-10-14(20-2)15(21-3)11-13(12)17/h10-11H,4-9H2,1-3H3,(H,18,19). The van der Waals surface area contributed by atoms with Gasteiger partial charge in [-0.25, -0.2) is 0 Å².